The quantitative estimate of drug-likeness (QED) is 0.608. The second-order valence-electron chi connectivity index (χ2n) is 7.91. The number of carbonyl (C=O) groups excluding carboxylic acids is 1. The van der Waals surface area contributed by atoms with Crippen LogP contribution in [0.3, 0.4) is 0 Å². The van der Waals surface area contributed by atoms with E-state index < -0.39 is 27.2 Å². The Kier molecular flexibility index (Phi) is 6.67. The Balaban J connectivity index is 1.44. The standard InChI is InChI=1S/C21H21Cl2FN2O4S/c1-31(29)26(28)21(27)19-8-18(12-2-3-12)13(4-20(19)24)9-25-10-17(11-25)30-16-6-14(22)5-15(23)7-16/h4-8,12,17,26H,2-3,9-11H2,1H3. The molecule has 2 aromatic rings. The molecule has 6 nitrogen and oxygen atoms in total. The normalized spacial score (nSPS) is 19.0. The van der Waals surface area contributed by atoms with E-state index in [1.54, 1.807) is 18.2 Å². The van der Waals surface area contributed by atoms with Gasteiger partial charge in [0.25, 0.3) is 0 Å². The smallest absolute Gasteiger partial charge is 0.360 e. The molecule has 0 radical (unpaired) electrons. The zero-order chi connectivity index (χ0) is 22.3. The van der Waals surface area contributed by atoms with Crippen LogP contribution in [-0.2, 0) is 17.5 Å². The second-order valence-corrected chi connectivity index (χ2v) is 10.1. The van der Waals surface area contributed by atoms with Gasteiger partial charge in [0, 0.05) is 29.7 Å². The van der Waals surface area contributed by atoms with E-state index in [1.807, 2.05) is 0 Å². The third-order valence-electron chi connectivity index (χ3n) is 5.39. The number of hydrogen-bond donors (Lipinski definition) is 1. The third-order valence-corrected chi connectivity index (χ3v) is 6.54. The Bertz CT molecular complexity index is 1020. The summed E-state index contributed by atoms with van der Waals surface area (Å²) in [5, 5.41) is 12.8. The summed E-state index contributed by atoms with van der Waals surface area (Å²) in [5.74, 6) is -0.937. The van der Waals surface area contributed by atoms with E-state index in [2.05, 4.69) is 4.90 Å². The van der Waals surface area contributed by atoms with Crippen molar-refractivity contribution in [3.63, 3.8) is 0 Å². The van der Waals surface area contributed by atoms with Gasteiger partial charge in [-0.2, -0.15) is 4.21 Å². The Morgan fingerprint density at radius 2 is 1.87 bits per heavy atom. The van der Waals surface area contributed by atoms with Gasteiger partial charge in [0.05, 0.1) is 6.26 Å². The molecule has 2 fully saturated rings. The lowest BCUT2D eigenvalue weighted by Crippen LogP contribution is -3.09. The van der Waals surface area contributed by atoms with Gasteiger partial charge >= 0.3 is 5.91 Å². The number of ether oxygens (including phenoxy) is 1. The van der Waals surface area contributed by atoms with Crippen LogP contribution >= 0.6 is 23.2 Å². The average Bonchev–Trinajstić information content (AvgIpc) is 3.49. The van der Waals surface area contributed by atoms with Crippen LogP contribution in [0.25, 0.3) is 0 Å². The number of benzene rings is 2. The number of hydroxylamine groups is 1. The Morgan fingerprint density at radius 3 is 2.45 bits per heavy atom. The van der Waals surface area contributed by atoms with E-state index in [4.69, 9.17) is 27.9 Å². The average molecular weight is 487 g/mol. The molecule has 1 aliphatic carbocycles. The fourth-order valence-corrected chi connectivity index (χ4v) is 4.59. The molecule has 0 bridgehead atoms. The number of rotatable bonds is 7. The fraction of sp³-hybridized carbons (Fsp3) is 0.381. The van der Waals surface area contributed by atoms with Crippen molar-refractivity contribution >= 4 is 40.1 Å². The number of quaternary nitrogens is 1. The molecule has 1 saturated heterocycles. The van der Waals surface area contributed by atoms with Crippen LogP contribution < -0.4 is 9.21 Å². The number of amides is 1. The maximum absolute atomic E-state index is 14.7. The first-order valence-electron chi connectivity index (χ1n) is 9.80. The molecule has 31 heavy (non-hydrogen) atoms. The lowest BCUT2D eigenvalue weighted by Gasteiger charge is -2.39. The van der Waals surface area contributed by atoms with Crippen molar-refractivity contribution in [1.29, 1.82) is 0 Å². The van der Waals surface area contributed by atoms with Crippen LogP contribution in [0.2, 0.25) is 10.0 Å². The molecule has 2 aliphatic rings. The van der Waals surface area contributed by atoms with Gasteiger partial charge < -0.3 is 9.94 Å². The summed E-state index contributed by atoms with van der Waals surface area (Å²) in [4.78, 5) is 14.4. The van der Waals surface area contributed by atoms with Gasteiger partial charge in [0.2, 0.25) is 11.0 Å². The topological polar surface area (TPSA) is 74.1 Å². The molecule has 1 amide bonds. The predicted molar refractivity (Wildman–Crippen MR) is 117 cm³/mol. The van der Waals surface area contributed by atoms with Crippen molar-refractivity contribution in [1.82, 2.24) is 4.90 Å². The van der Waals surface area contributed by atoms with Crippen molar-refractivity contribution in [2.24, 2.45) is 0 Å². The lowest BCUT2D eigenvalue weighted by atomic mass is 9.97. The number of likely N-dealkylation sites (tertiary alicyclic amines) is 1. The summed E-state index contributed by atoms with van der Waals surface area (Å²) in [6, 6.07) is 7.85. The van der Waals surface area contributed by atoms with Crippen molar-refractivity contribution < 1.29 is 22.6 Å². The largest absolute Gasteiger partial charge is 0.612 e. The molecule has 0 aromatic heterocycles. The Hall–Kier alpha value is -1.55. The van der Waals surface area contributed by atoms with E-state index in [-0.39, 0.29) is 17.6 Å². The fourth-order valence-electron chi connectivity index (χ4n) is 3.71. The molecule has 4 rings (SSSR count). The van der Waals surface area contributed by atoms with Gasteiger partial charge in [-0.15, -0.1) is 0 Å². The first-order valence-corrected chi connectivity index (χ1v) is 12.1. The molecular weight excluding hydrogens is 466 g/mol. The highest BCUT2D eigenvalue weighted by molar-refractivity contribution is 7.78. The SMILES string of the molecule is CS(=O)[NH+]([O-])C(=O)c1cc(C2CC2)c(CN2CC(Oc3cc(Cl)cc(Cl)c3)C2)cc1F. The molecule has 2 unspecified atom stereocenters. The van der Waals surface area contributed by atoms with E-state index in [9.17, 15) is 18.6 Å². The monoisotopic (exact) mass is 486 g/mol. The van der Waals surface area contributed by atoms with Crippen LogP contribution in [0, 0.1) is 11.0 Å². The number of carbonyl (C=O) groups is 1. The molecule has 1 N–H and O–H groups in total. The van der Waals surface area contributed by atoms with Crippen LogP contribution in [-0.4, -0.2) is 40.5 Å². The zero-order valence-electron chi connectivity index (χ0n) is 16.7. The van der Waals surface area contributed by atoms with Gasteiger partial charge in [0.1, 0.15) is 23.2 Å². The third kappa shape index (κ3) is 5.27. The highest BCUT2D eigenvalue weighted by Gasteiger charge is 2.33. The molecule has 2 atom stereocenters. The summed E-state index contributed by atoms with van der Waals surface area (Å²) in [5.41, 5.74) is 1.38. The van der Waals surface area contributed by atoms with E-state index >= 15 is 0 Å². The van der Waals surface area contributed by atoms with Crippen LogP contribution in [0.1, 0.15) is 40.2 Å². The minimum absolute atomic E-state index is 0.0261. The van der Waals surface area contributed by atoms with Crippen LogP contribution in [0.15, 0.2) is 30.3 Å². The molecule has 1 aliphatic heterocycles. The maximum Gasteiger partial charge on any atom is 0.360 e. The summed E-state index contributed by atoms with van der Waals surface area (Å²) in [6.45, 7) is 1.83. The van der Waals surface area contributed by atoms with Crippen molar-refractivity contribution in [3.05, 3.63) is 68.1 Å². The van der Waals surface area contributed by atoms with Gasteiger partial charge in [-0.25, -0.2) is 13.7 Å². The van der Waals surface area contributed by atoms with Gasteiger partial charge in [0.15, 0.2) is 0 Å². The number of hydrogen-bond acceptors (Lipinski definition) is 5. The molecule has 1 saturated carbocycles. The van der Waals surface area contributed by atoms with Crippen LogP contribution in [0.4, 0.5) is 4.39 Å². The highest BCUT2D eigenvalue weighted by atomic mass is 35.5. The van der Waals surface area contributed by atoms with E-state index in [1.165, 1.54) is 12.1 Å². The van der Waals surface area contributed by atoms with Crippen molar-refractivity contribution in [2.75, 3.05) is 19.3 Å². The summed E-state index contributed by atoms with van der Waals surface area (Å²) >= 11 is 12.0. The summed E-state index contributed by atoms with van der Waals surface area (Å²) in [7, 11) is -1.98. The minimum Gasteiger partial charge on any atom is -0.612 e. The van der Waals surface area contributed by atoms with Crippen LogP contribution in [0.5, 0.6) is 5.75 Å². The first-order chi connectivity index (χ1) is 14.7. The van der Waals surface area contributed by atoms with Crippen molar-refractivity contribution in [3.8, 4) is 5.75 Å². The van der Waals surface area contributed by atoms with E-state index in [0.717, 1.165) is 30.2 Å². The Morgan fingerprint density at radius 1 is 1.23 bits per heavy atom. The highest BCUT2D eigenvalue weighted by Crippen LogP contribution is 2.43. The minimum atomic E-state index is -1.98. The van der Waals surface area contributed by atoms with E-state index in [0.29, 0.717) is 35.4 Å². The summed E-state index contributed by atoms with van der Waals surface area (Å²) in [6.07, 6.45) is 3.01. The molecule has 0 spiro atoms. The second kappa shape index (κ2) is 9.13. The van der Waals surface area contributed by atoms with Gasteiger partial charge in [-0.05, 0) is 60.2 Å². The zero-order valence-corrected chi connectivity index (χ0v) is 19.0. The molecule has 1 heterocycles. The summed E-state index contributed by atoms with van der Waals surface area (Å²) < 4.78 is 30.8. The van der Waals surface area contributed by atoms with Crippen molar-refractivity contribution in [2.45, 2.75) is 31.4 Å². The maximum atomic E-state index is 14.7. The molecular formula is C21H21Cl2FN2O4S. The first kappa shape index (κ1) is 22.6. The number of nitrogens with one attached hydrogen (secondary N) is 1. The predicted octanol–water partition coefficient (Wildman–Crippen LogP) is 3.09. The lowest BCUT2D eigenvalue weighted by molar-refractivity contribution is -0.600. The molecule has 2 aromatic carbocycles. The number of nitrogens with zero attached hydrogens (tertiary/aromatic N) is 1. The van der Waals surface area contributed by atoms with Gasteiger partial charge in [-0.3, -0.25) is 4.90 Å². The molecule has 10 heteroatoms. The Labute approximate surface area is 192 Å². The molecule has 166 valence electrons. The van der Waals surface area contributed by atoms with Gasteiger partial charge in [-0.1, -0.05) is 23.2 Å². The number of halogens is 3.